The quantitative estimate of drug-likeness (QED) is 0.631. The molecule has 2 bridgehead atoms. The second-order valence-corrected chi connectivity index (χ2v) is 7.16. The zero-order chi connectivity index (χ0) is 13.9. The van der Waals surface area contributed by atoms with E-state index in [1.165, 1.54) is 0 Å². The largest absolute Gasteiger partial charge is 0.462 e. The number of halogens is 1. The van der Waals surface area contributed by atoms with Crippen LogP contribution < -0.4 is 5.32 Å². The molecule has 0 radical (unpaired) electrons. The zero-order valence-corrected chi connectivity index (χ0v) is 12.9. The number of fused-ring (bicyclic) bond motifs is 1. The molecule has 1 amide bonds. The van der Waals surface area contributed by atoms with Gasteiger partial charge in [-0.3, -0.25) is 9.59 Å². The van der Waals surface area contributed by atoms with E-state index in [4.69, 9.17) is 4.74 Å². The molecule has 20 heavy (non-hydrogen) atoms. The van der Waals surface area contributed by atoms with Crippen molar-refractivity contribution in [1.29, 1.82) is 0 Å². The molecule has 0 aromatic heterocycles. The Labute approximate surface area is 130 Å². The predicted octanol–water partition coefficient (Wildman–Crippen LogP) is 2.43. The number of nitrogens with one attached hydrogen (secondary N) is 1. The highest BCUT2D eigenvalue weighted by Gasteiger charge is 2.63. The number of carbonyl (C=O) groups is 2. The highest BCUT2D eigenvalue weighted by molar-refractivity contribution is 14.1. The molecule has 4 nitrogen and oxygen atoms in total. The summed E-state index contributed by atoms with van der Waals surface area (Å²) in [6, 6.07) is 7.69. The Bertz CT molecular complexity index is 583. The second kappa shape index (κ2) is 4.44. The molecule has 1 aromatic carbocycles. The number of anilines is 1. The summed E-state index contributed by atoms with van der Waals surface area (Å²) in [4.78, 5) is 24.4. The van der Waals surface area contributed by atoms with Crippen LogP contribution in [-0.4, -0.2) is 18.0 Å². The van der Waals surface area contributed by atoms with Gasteiger partial charge in [-0.25, -0.2) is 0 Å². The Hall–Kier alpha value is -1.11. The first-order chi connectivity index (χ1) is 9.63. The molecule has 3 fully saturated rings. The third-order valence-corrected chi connectivity index (χ3v) is 5.62. The summed E-state index contributed by atoms with van der Waals surface area (Å²) < 4.78 is 6.49. The van der Waals surface area contributed by atoms with Gasteiger partial charge >= 0.3 is 5.97 Å². The van der Waals surface area contributed by atoms with Crippen LogP contribution in [0.5, 0.6) is 0 Å². The summed E-state index contributed by atoms with van der Waals surface area (Å²) in [5.41, 5.74) is 0.793. The van der Waals surface area contributed by atoms with Crippen molar-refractivity contribution in [2.24, 2.45) is 23.7 Å². The van der Waals surface area contributed by atoms with Gasteiger partial charge < -0.3 is 10.1 Å². The molecular weight excluding hydrogens is 369 g/mol. The van der Waals surface area contributed by atoms with Crippen molar-refractivity contribution in [2.75, 3.05) is 5.32 Å². The van der Waals surface area contributed by atoms with Crippen LogP contribution >= 0.6 is 22.6 Å². The van der Waals surface area contributed by atoms with Gasteiger partial charge in [0.15, 0.2) is 0 Å². The zero-order valence-electron chi connectivity index (χ0n) is 10.7. The molecule has 2 saturated carbocycles. The number of esters is 1. The summed E-state index contributed by atoms with van der Waals surface area (Å²) in [7, 11) is 0. The Balaban J connectivity index is 1.54. The molecule has 1 heterocycles. The van der Waals surface area contributed by atoms with Crippen molar-refractivity contribution in [2.45, 2.75) is 18.9 Å². The van der Waals surface area contributed by atoms with E-state index in [1.807, 2.05) is 24.3 Å². The standard InChI is InChI=1S/C15H14INO3/c16-8-1-3-9(4-2-8)17-14(18)12-7-5-10-11(6-7)20-15(19)13(10)12/h1-4,7,10-13H,5-6H2,(H,17,18)/t7-,10+,11-,12-,13+/m0/s1. The van der Waals surface area contributed by atoms with Crippen LogP contribution in [0, 0.1) is 27.2 Å². The van der Waals surface area contributed by atoms with Crippen LogP contribution in [0.25, 0.3) is 0 Å². The molecule has 2 aliphatic carbocycles. The molecule has 3 aliphatic rings. The van der Waals surface area contributed by atoms with Crippen molar-refractivity contribution < 1.29 is 14.3 Å². The minimum atomic E-state index is -0.206. The van der Waals surface area contributed by atoms with Gasteiger partial charge in [0.05, 0.1) is 11.8 Å². The number of ether oxygens (including phenoxy) is 1. The van der Waals surface area contributed by atoms with Gasteiger partial charge in [-0.15, -0.1) is 0 Å². The van der Waals surface area contributed by atoms with Crippen molar-refractivity contribution in [3.05, 3.63) is 27.8 Å². The molecule has 1 aromatic rings. The Morgan fingerprint density at radius 2 is 2.00 bits per heavy atom. The smallest absolute Gasteiger partial charge is 0.310 e. The van der Waals surface area contributed by atoms with Crippen LogP contribution in [0.4, 0.5) is 5.69 Å². The van der Waals surface area contributed by atoms with Gasteiger partial charge in [0.2, 0.25) is 5.91 Å². The van der Waals surface area contributed by atoms with Crippen LogP contribution in [0.1, 0.15) is 12.8 Å². The number of benzene rings is 1. The average Bonchev–Trinajstić information content (AvgIpc) is 3.02. The Morgan fingerprint density at radius 3 is 2.75 bits per heavy atom. The van der Waals surface area contributed by atoms with E-state index in [2.05, 4.69) is 27.9 Å². The Kier molecular flexibility index (Phi) is 2.80. The van der Waals surface area contributed by atoms with Gasteiger partial charge in [-0.1, -0.05) is 0 Å². The highest BCUT2D eigenvalue weighted by atomic mass is 127. The second-order valence-electron chi connectivity index (χ2n) is 5.92. The van der Waals surface area contributed by atoms with Crippen LogP contribution in [0.2, 0.25) is 0 Å². The minimum absolute atomic E-state index is 0.0268. The molecule has 104 valence electrons. The molecule has 5 heteroatoms. The van der Waals surface area contributed by atoms with Gasteiger partial charge in [-0.05, 0) is 65.6 Å². The summed E-state index contributed by atoms with van der Waals surface area (Å²) in [5.74, 6) is -0.0119. The van der Waals surface area contributed by atoms with Gasteiger partial charge in [-0.2, -0.15) is 0 Å². The highest BCUT2D eigenvalue weighted by Crippen LogP contribution is 2.57. The van der Waals surface area contributed by atoms with E-state index in [9.17, 15) is 9.59 Å². The normalized spacial score (nSPS) is 37.0. The lowest BCUT2D eigenvalue weighted by atomic mass is 9.79. The first-order valence-corrected chi connectivity index (χ1v) is 7.98. The SMILES string of the molecule is O=C1O[C@H]2C[C@@H]3C[C@H]2[C@@H]1[C@H]3C(=O)Nc1ccc(I)cc1. The maximum atomic E-state index is 12.5. The lowest BCUT2D eigenvalue weighted by molar-refractivity contribution is -0.145. The van der Waals surface area contributed by atoms with Crippen LogP contribution in [0.3, 0.4) is 0 Å². The number of hydrogen-bond acceptors (Lipinski definition) is 3. The fourth-order valence-corrected chi connectivity index (χ4v) is 4.48. The van der Waals surface area contributed by atoms with Crippen molar-refractivity contribution in [1.82, 2.24) is 0 Å². The van der Waals surface area contributed by atoms with E-state index in [1.54, 1.807) is 0 Å². The summed E-state index contributed by atoms with van der Waals surface area (Å²) in [5, 5.41) is 2.95. The Morgan fingerprint density at radius 1 is 1.25 bits per heavy atom. The number of hydrogen-bond donors (Lipinski definition) is 1. The summed E-state index contributed by atoms with van der Waals surface area (Å²) in [6.07, 6.45) is 1.91. The van der Waals surface area contributed by atoms with E-state index < -0.39 is 0 Å². The van der Waals surface area contributed by atoms with Crippen LogP contribution in [-0.2, 0) is 14.3 Å². The summed E-state index contributed by atoms with van der Waals surface area (Å²) >= 11 is 2.23. The first kappa shape index (κ1) is 12.6. The van der Waals surface area contributed by atoms with Gasteiger partial charge in [0.25, 0.3) is 0 Å². The van der Waals surface area contributed by atoms with Crippen molar-refractivity contribution in [3.63, 3.8) is 0 Å². The van der Waals surface area contributed by atoms with E-state index >= 15 is 0 Å². The maximum Gasteiger partial charge on any atom is 0.310 e. The molecule has 0 spiro atoms. The topological polar surface area (TPSA) is 55.4 Å². The lowest BCUT2D eigenvalue weighted by Crippen LogP contribution is -2.35. The predicted molar refractivity (Wildman–Crippen MR) is 80.9 cm³/mol. The third kappa shape index (κ3) is 1.78. The molecule has 0 unspecified atom stereocenters. The number of carbonyl (C=O) groups excluding carboxylic acids is 2. The molecule has 4 rings (SSSR count). The average molecular weight is 383 g/mol. The van der Waals surface area contributed by atoms with Gasteiger partial charge in [0, 0.05) is 15.2 Å². The van der Waals surface area contributed by atoms with E-state index in [0.717, 1.165) is 22.1 Å². The summed E-state index contributed by atoms with van der Waals surface area (Å²) in [6.45, 7) is 0. The maximum absolute atomic E-state index is 12.5. The number of rotatable bonds is 2. The van der Waals surface area contributed by atoms with Crippen LogP contribution in [0.15, 0.2) is 24.3 Å². The van der Waals surface area contributed by atoms with Gasteiger partial charge in [0.1, 0.15) is 6.10 Å². The third-order valence-electron chi connectivity index (χ3n) is 4.90. The van der Waals surface area contributed by atoms with Crippen molar-refractivity contribution >= 4 is 40.2 Å². The monoisotopic (exact) mass is 383 g/mol. The molecule has 1 saturated heterocycles. The molecule has 1 N–H and O–H groups in total. The molecule has 5 atom stereocenters. The minimum Gasteiger partial charge on any atom is -0.462 e. The fourth-order valence-electron chi connectivity index (χ4n) is 4.12. The van der Waals surface area contributed by atoms with E-state index in [-0.39, 0.29) is 35.7 Å². The fraction of sp³-hybridized carbons (Fsp3) is 0.467. The van der Waals surface area contributed by atoms with E-state index in [0.29, 0.717) is 5.92 Å². The lowest BCUT2D eigenvalue weighted by Gasteiger charge is -2.23. The first-order valence-electron chi connectivity index (χ1n) is 6.90. The number of amides is 1. The molecule has 1 aliphatic heterocycles. The molecular formula is C15H14INO3. The van der Waals surface area contributed by atoms with Crippen molar-refractivity contribution in [3.8, 4) is 0 Å².